The van der Waals surface area contributed by atoms with E-state index in [1.165, 1.54) is 12.8 Å². The third-order valence-electron chi connectivity index (χ3n) is 3.01. The molecule has 14 heavy (non-hydrogen) atoms. The van der Waals surface area contributed by atoms with Gasteiger partial charge in [-0.15, -0.1) is 0 Å². The van der Waals surface area contributed by atoms with Crippen LogP contribution in [-0.4, -0.2) is 17.6 Å². The molecule has 0 heterocycles. The number of amides is 1. The average Bonchev–Trinajstić information content (AvgIpc) is 2.18. The fourth-order valence-corrected chi connectivity index (χ4v) is 1.63. The summed E-state index contributed by atoms with van der Waals surface area (Å²) in [7, 11) is 0. The van der Waals surface area contributed by atoms with Crippen LogP contribution in [0.25, 0.3) is 0 Å². The molecule has 1 amide bonds. The Morgan fingerprint density at radius 1 is 1.29 bits per heavy atom. The normalized spacial score (nSPS) is 15.1. The Bertz CT molecular complexity index is 165. The summed E-state index contributed by atoms with van der Waals surface area (Å²) in [6.45, 7) is 3.93. The molecule has 3 heteroatoms. The maximum atomic E-state index is 11.2. The van der Waals surface area contributed by atoms with Gasteiger partial charge in [0.25, 0.3) is 0 Å². The Labute approximate surface area is 86.7 Å². The summed E-state index contributed by atoms with van der Waals surface area (Å²) >= 11 is 0. The van der Waals surface area contributed by atoms with Crippen LogP contribution in [0.3, 0.4) is 0 Å². The van der Waals surface area contributed by atoms with Gasteiger partial charge in [0.15, 0.2) is 0 Å². The van der Waals surface area contributed by atoms with Crippen LogP contribution in [-0.2, 0) is 4.79 Å². The van der Waals surface area contributed by atoms with E-state index in [-0.39, 0.29) is 12.5 Å². The van der Waals surface area contributed by atoms with E-state index >= 15 is 0 Å². The van der Waals surface area contributed by atoms with Crippen LogP contribution < -0.4 is 5.73 Å². The highest BCUT2D eigenvalue weighted by Crippen LogP contribution is 2.28. The molecule has 84 valence electrons. The number of aliphatic hydroxyl groups excluding tert-OH is 1. The average molecular weight is 201 g/mol. The molecule has 0 fully saturated rings. The first kappa shape index (κ1) is 13.4. The van der Waals surface area contributed by atoms with E-state index in [2.05, 4.69) is 6.92 Å². The largest absolute Gasteiger partial charge is 0.395 e. The van der Waals surface area contributed by atoms with Crippen molar-refractivity contribution in [1.29, 1.82) is 0 Å². The summed E-state index contributed by atoms with van der Waals surface area (Å²) in [4.78, 5) is 11.2. The molecule has 0 aliphatic heterocycles. The van der Waals surface area contributed by atoms with Crippen LogP contribution in [0, 0.1) is 5.41 Å². The standard InChI is InChI=1S/C11H23NO2/c1-3-5-6-7-8-11(4-2,9-13)10(12)14/h13H,3-9H2,1-2H3,(H2,12,14). The molecule has 1 atom stereocenters. The van der Waals surface area contributed by atoms with Crippen molar-refractivity contribution >= 4 is 5.91 Å². The molecular formula is C11H23NO2. The highest BCUT2D eigenvalue weighted by atomic mass is 16.3. The van der Waals surface area contributed by atoms with E-state index < -0.39 is 5.41 Å². The van der Waals surface area contributed by atoms with Gasteiger partial charge in [-0.1, -0.05) is 39.5 Å². The van der Waals surface area contributed by atoms with Crippen LogP contribution in [0.15, 0.2) is 0 Å². The first-order chi connectivity index (χ1) is 6.63. The third-order valence-corrected chi connectivity index (χ3v) is 3.01. The molecule has 0 spiro atoms. The zero-order chi connectivity index (χ0) is 11.0. The third kappa shape index (κ3) is 3.66. The van der Waals surface area contributed by atoms with Crippen LogP contribution in [0.5, 0.6) is 0 Å². The number of hydrogen-bond acceptors (Lipinski definition) is 2. The summed E-state index contributed by atoms with van der Waals surface area (Å²) < 4.78 is 0. The fourth-order valence-electron chi connectivity index (χ4n) is 1.63. The molecule has 0 aromatic rings. The minimum absolute atomic E-state index is 0.120. The van der Waals surface area contributed by atoms with Crippen molar-refractivity contribution < 1.29 is 9.90 Å². The molecular weight excluding hydrogens is 178 g/mol. The minimum Gasteiger partial charge on any atom is -0.395 e. The van der Waals surface area contributed by atoms with Crippen molar-refractivity contribution in [2.24, 2.45) is 11.1 Å². The highest BCUT2D eigenvalue weighted by molar-refractivity contribution is 5.80. The highest BCUT2D eigenvalue weighted by Gasteiger charge is 2.33. The number of nitrogens with two attached hydrogens (primary N) is 1. The zero-order valence-electron chi connectivity index (χ0n) is 9.38. The number of primary amides is 1. The van der Waals surface area contributed by atoms with E-state index in [9.17, 15) is 9.90 Å². The number of carbonyl (C=O) groups is 1. The monoisotopic (exact) mass is 201 g/mol. The summed E-state index contributed by atoms with van der Waals surface area (Å²) in [6, 6.07) is 0. The Hall–Kier alpha value is -0.570. The van der Waals surface area contributed by atoms with Crippen molar-refractivity contribution in [3.05, 3.63) is 0 Å². The Morgan fingerprint density at radius 2 is 1.93 bits per heavy atom. The molecule has 3 N–H and O–H groups in total. The Balaban J connectivity index is 4.02. The maximum Gasteiger partial charge on any atom is 0.225 e. The van der Waals surface area contributed by atoms with Gasteiger partial charge in [0.1, 0.15) is 0 Å². The van der Waals surface area contributed by atoms with Crippen molar-refractivity contribution in [3.8, 4) is 0 Å². The predicted molar refractivity (Wildman–Crippen MR) is 57.8 cm³/mol. The number of aliphatic hydroxyl groups is 1. The van der Waals surface area contributed by atoms with Gasteiger partial charge in [-0.2, -0.15) is 0 Å². The first-order valence-corrected chi connectivity index (χ1v) is 5.53. The minimum atomic E-state index is -0.673. The molecule has 0 aliphatic carbocycles. The zero-order valence-corrected chi connectivity index (χ0v) is 9.38. The molecule has 0 saturated carbocycles. The van der Waals surface area contributed by atoms with Gasteiger partial charge < -0.3 is 10.8 Å². The quantitative estimate of drug-likeness (QED) is 0.588. The second-order valence-electron chi connectivity index (χ2n) is 3.97. The van der Waals surface area contributed by atoms with Gasteiger partial charge in [0.05, 0.1) is 12.0 Å². The predicted octanol–water partition coefficient (Wildman–Crippen LogP) is 1.83. The molecule has 0 radical (unpaired) electrons. The maximum absolute atomic E-state index is 11.2. The van der Waals surface area contributed by atoms with Gasteiger partial charge in [-0.3, -0.25) is 4.79 Å². The SMILES string of the molecule is CCCCCCC(CC)(CO)C(N)=O. The van der Waals surface area contributed by atoms with Crippen molar-refractivity contribution in [3.63, 3.8) is 0 Å². The smallest absolute Gasteiger partial charge is 0.225 e. The lowest BCUT2D eigenvalue weighted by Gasteiger charge is -2.26. The van der Waals surface area contributed by atoms with Gasteiger partial charge in [-0.25, -0.2) is 0 Å². The fraction of sp³-hybridized carbons (Fsp3) is 0.909. The summed E-state index contributed by atoms with van der Waals surface area (Å²) in [5.41, 5.74) is 4.64. The van der Waals surface area contributed by atoms with Gasteiger partial charge in [0, 0.05) is 0 Å². The van der Waals surface area contributed by atoms with E-state index in [0.29, 0.717) is 6.42 Å². The van der Waals surface area contributed by atoms with Crippen molar-refractivity contribution in [2.75, 3.05) is 6.61 Å². The van der Waals surface area contributed by atoms with Gasteiger partial charge in [-0.05, 0) is 12.8 Å². The molecule has 0 rings (SSSR count). The number of rotatable bonds is 8. The summed E-state index contributed by atoms with van der Waals surface area (Å²) in [5.74, 6) is -0.362. The van der Waals surface area contributed by atoms with E-state index in [1.54, 1.807) is 0 Å². The second kappa shape index (κ2) is 6.82. The van der Waals surface area contributed by atoms with Crippen molar-refractivity contribution in [1.82, 2.24) is 0 Å². The van der Waals surface area contributed by atoms with E-state index in [4.69, 9.17) is 5.73 Å². The van der Waals surface area contributed by atoms with E-state index in [1.807, 2.05) is 6.92 Å². The lowest BCUT2D eigenvalue weighted by molar-refractivity contribution is -0.130. The lowest BCUT2D eigenvalue weighted by Crippen LogP contribution is -2.39. The first-order valence-electron chi connectivity index (χ1n) is 5.53. The topological polar surface area (TPSA) is 63.3 Å². The number of unbranched alkanes of at least 4 members (excludes halogenated alkanes) is 3. The van der Waals surface area contributed by atoms with E-state index in [0.717, 1.165) is 19.3 Å². The lowest BCUT2D eigenvalue weighted by atomic mass is 9.80. The summed E-state index contributed by atoms with van der Waals surface area (Å²) in [6.07, 6.45) is 5.80. The van der Waals surface area contributed by atoms with Gasteiger partial charge in [0.2, 0.25) is 5.91 Å². The Morgan fingerprint density at radius 3 is 2.29 bits per heavy atom. The molecule has 0 aromatic heterocycles. The molecule has 0 aromatic carbocycles. The van der Waals surface area contributed by atoms with Crippen molar-refractivity contribution in [2.45, 2.75) is 52.4 Å². The van der Waals surface area contributed by atoms with Crippen LogP contribution in [0.2, 0.25) is 0 Å². The molecule has 0 bridgehead atoms. The molecule has 0 saturated heterocycles. The second-order valence-corrected chi connectivity index (χ2v) is 3.97. The Kier molecular flexibility index (Phi) is 6.54. The molecule has 3 nitrogen and oxygen atoms in total. The number of carbonyl (C=O) groups excluding carboxylic acids is 1. The van der Waals surface area contributed by atoms with Crippen LogP contribution in [0.1, 0.15) is 52.4 Å². The number of hydrogen-bond donors (Lipinski definition) is 2. The molecule has 1 unspecified atom stereocenters. The van der Waals surface area contributed by atoms with Crippen LogP contribution in [0.4, 0.5) is 0 Å². The molecule has 0 aliphatic rings. The summed E-state index contributed by atoms with van der Waals surface area (Å²) in [5, 5.41) is 9.20. The van der Waals surface area contributed by atoms with Gasteiger partial charge >= 0.3 is 0 Å². The van der Waals surface area contributed by atoms with Crippen LogP contribution >= 0.6 is 0 Å².